The van der Waals surface area contributed by atoms with E-state index < -0.39 is 0 Å². The van der Waals surface area contributed by atoms with Crippen molar-refractivity contribution >= 4 is 0 Å². The van der Waals surface area contributed by atoms with Gasteiger partial charge in [0.25, 0.3) is 0 Å². The quantitative estimate of drug-likeness (QED) is 0.717. The Labute approximate surface area is 96.6 Å². The maximum absolute atomic E-state index is 5.44. The molecule has 1 aromatic carbocycles. The van der Waals surface area contributed by atoms with Crippen molar-refractivity contribution in [3.05, 3.63) is 23.3 Å². The fraction of sp³-hybridized carbons (Fsp3) is 0.286. The standard InChI is InChI=1S/C14H14O2/c1-5-11-9-13(15-7-3)14(16-8-4)10-12(11)6-2/h1-2,9-10H,7-8H2,3-4H3. The van der Waals surface area contributed by atoms with E-state index in [0.29, 0.717) is 35.8 Å². The van der Waals surface area contributed by atoms with Crippen molar-refractivity contribution in [1.29, 1.82) is 0 Å². The lowest BCUT2D eigenvalue weighted by Gasteiger charge is -2.12. The summed E-state index contributed by atoms with van der Waals surface area (Å²) in [5.41, 5.74) is 1.30. The highest BCUT2D eigenvalue weighted by Crippen LogP contribution is 2.30. The highest BCUT2D eigenvalue weighted by atomic mass is 16.5. The zero-order valence-electron chi connectivity index (χ0n) is 9.54. The molecule has 0 unspecified atom stereocenters. The summed E-state index contributed by atoms with van der Waals surface area (Å²) >= 11 is 0. The Morgan fingerprint density at radius 1 is 0.938 bits per heavy atom. The Balaban J connectivity index is 3.26. The molecule has 2 heteroatoms. The smallest absolute Gasteiger partial charge is 0.162 e. The predicted molar refractivity (Wildman–Crippen MR) is 64.7 cm³/mol. The molecular formula is C14H14O2. The Bertz CT molecular complexity index is 404. The van der Waals surface area contributed by atoms with E-state index in [-0.39, 0.29) is 0 Å². The average Bonchev–Trinajstić information content (AvgIpc) is 2.31. The third-order valence-electron chi connectivity index (χ3n) is 1.99. The van der Waals surface area contributed by atoms with Crippen LogP contribution in [0.25, 0.3) is 0 Å². The van der Waals surface area contributed by atoms with Crippen LogP contribution < -0.4 is 9.47 Å². The molecular weight excluding hydrogens is 200 g/mol. The fourth-order valence-corrected chi connectivity index (χ4v) is 1.34. The monoisotopic (exact) mass is 214 g/mol. The number of benzene rings is 1. The highest BCUT2D eigenvalue weighted by Gasteiger charge is 2.09. The van der Waals surface area contributed by atoms with Gasteiger partial charge in [-0.1, -0.05) is 11.8 Å². The molecule has 0 bridgehead atoms. The fourth-order valence-electron chi connectivity index (χ4n) is 1.34. The topological polar surface area (TPSA) is 18.5 Å². The van der Waals surface area contributed by atoms with Gasteiger partial charge in [-0.3, -0.25) is 0 Å². The molecule has 0 spiro atoms. The Morgan fingerprint density at radius 3 is 1.56 bits per heavy atom. The van der Waals surface area contributed by atoms with E-state index in [0.717, 1.165) is 0 Å². The van der Waals surface area contributed by atoms with Crippen LogP contribution in [0.4, 0.5) is 0 Å². The van der Waals surface area contributed by atoms with E-state index in [1.807, 2.05) is 13.8 Å². The molecule has 0 heterocycles. The second-order valence-corrected chi connectivity index (χ2v) is 3.00. The van der Waals surface area contributed by atoms with Crippen LogP contribution in [0.5, 0.6) is 11.5 Å². The molecule has 0 saturated carbocycles. The summed E-state index contributed by atoms with van der Waals surface area (Å²) in [5.74, 6) is 6.34. The molecule has 16 heavy (non-hydrogen) atoms. The van der Waals surface area contributed by atoms with Crippen molar-refractivity contribution in [2.75, 3.05) is 13.2 Å². The summed E-state index contributed by atoms with van der Waals surface area (Å²) in [6, 6.07) is 3.48. The Morgan fingerprint density at radius 2 is 1.31 bits per heavy atom. The second-order valence-electron chi connectivity index (χ2n) is 3.00. The molecule has 0 aliphatic carbocycles. The zero-order valence-corrected chi connectivity index (χ0v) is 9.54. The van der Waals surface area contributed by atoms with Gasteiger partial charge >= 0.3 is 0 Å². The summed E-state index contributed by atoms with van der Waals surface area (Å²) in [4.78, 5) is 0. The molecule has 2 nitrogen and oxygen atoms in total. The number of hydrogen-bond acceptors (Lipinski definition) is 2. The molecule has 0 aliphatic rings. The molecule has 0 aliphatic heterocycles. The van der Waals surface area contributed by atoms with Crippen molar-refractivity contribution in [1.82, 2.24) is 0 Å². The van der Waals surface area contributed by atoms with E-state index in [1.54, 1.807) is 12.1 Å². The Hall–Kier alpha value is -2.06. The summed E-state index contributed by atoms with van der Waals surface area (Å²) in [6.07, 6.45) is 10.7. The van der Waals surface area contributed by atoms with Crippen molar-refractivity contribution in [2.45, 2.75) is 13.8 Å². The number of rotatable bonds is 4. The highest BCUT2D eigenvalue weighted by molar-refractivity contribution is 5.57. The second kappa shape index (κ2) is 5.73. The third-order valence-corrected chi connectivity index (χ3v) is 1.99. The van der Waals surface area contributed by atoms with Gasteiger partial charge in [0.15, 0.2) is 11.5 Å². The van der Waals surface area contributed by atoms with Gasteiger partial charge in [0.05, 0.1) is 13.2 Å². The van der Waals surface area contributed by atoms with Crippen LogP contribution in [0.15, 0.2) is 12.1 Å². The van der Waals surface area contributed by atoms with Crippen molar-refractivity contribution in [3.63, 3.8) is 0 Å². The summed E-state index contributed by atoms with van der Waals surface area (Å²) in [5, 5.41) is 0. The molecule has 0 radical (unpaired) electrons. The SMILES string of the molecule is C#Cc1cc(OCC)c(OCC)cc1C#C. The van der Waals surface area contributed by atoms with E-state index >= 15 is 0 Å². The summed E-state index contributed by atoms with van der Waals surface area (Å²) in [7, 11) is 0. The van der Waals surface area contributed by atoms with Gasteiger partial charge in [0.2, 0.25) is 0 Å². The molecule has 0 N–H and O–H groups in total. The molecule has 0 atom stereocenters. The molecule has 0 aromatic heterocycles. The first-order valence-electron chi connectivity index (χ1n) is 5.13. The van der Waals surface area contributed by atoms with Crippen LogP contribution >= 0.6 is 0 Å². The van der Waals surface area contributed by atoms with Crippen molar-refractivity contribution in [2.24, 2.45) is 0 Å². The van der Waals surface area contributed by atoms with Crippen LogP contribution in [0.3, 0.4) is 0 Å². The number of terminal acetylenes is 2. The van der Waals surface area contributed by atoms with Gasteiger partial charge in [-0.2, -0.15) is 0 Å². The summed E-state index contributed by atoms with van der Waals surface area (Å²) < 4.78 is 10.9. The number of ether oxygens (including phenoxy) is 2. The van der Waals surface area contributed by atoms with Gasteiger partial charge in [-0.15, -0.1) is 12.8 Å². The van der Waals surface area contributed by atoms with Gasteiger partial charge in [0, 0.05) is 23.3 Å². The van der Waals surface area contributed by atoms with E-state index in [2.05, 4.69) is 11.8 Å². The van der Waals surface area contributed by atoms with Gasteiger partial charge in [0.1, 0.15) is 0 Å². The minimum Gasteiger partial charge on any atom is -0.490 e. The molecule has 0 saturated heterocycles. The third kappa shape index (κ3) is 2.49. The lowest BCUT2D eigenvalue weighted by Crippen LogP contribution is -2.00. The van der Waals surface area contributed by atoms with Gasteiger partial charge in [-0.05, 0) is 13.8 Å². The minimum atomic E-state index is 0.555. The van der Waals surface area contributed by atoms with Crippen LogP contribution in [-0.2, 0) is 0 Å². The molecule has 0 fully saturated rings. The Kier molecular flexibility index (Phi) is 4.30. The lowest BCUT2D eigenvalue weighted by molar-refractivity contribution is 0.287. The van der Waals surface area contributed by atoms with Gasteiger partial charge in [-0.25, -0.2) is 0 Å². The summed E-state index contributed by atoms with van der Waals surface area (Å²) in [6.45, 7) is 4.92. The van der Waals surface area contributed by atoms with Crippen LogP contribution in [0, 0.1) is 24.7 Å². The molecule has 0 amide bonds. The minimum absolute atomic E-state index is 0.555. The van der Waals surface area contributed by atoms with Crippen molar-refractivity contribution in [3.8, 4) is 36.2 Å². The predicted octanol–water partition coefficient (Wildman–Crippen LogP) is 2.45. The van der Waals surface area contributed by atoms with Crippen LogP contribution in [0.1, 0.15) is 25.0 Å². The van der Waals surface area contributed by atoms with E-state index in [1.165, 1.54) is 0 Å². The lowest BCUT2D eigenvalue weighted by atomic mass is 10.1. The van der Waals surface area contributed by atoms with Crippen LogP contribution in [0.2, 0.25) is 0 Å². The maximum atomic E-state index is 5.44. The van der Waals surface area contributed by atoms with E-state index in [9.17, 15) is 0 Å². The average molecular weight is 214 g/mol. The molecule has 82 valence electrons. The molecule has 1 aromatic rings. The van der Waals surface area contributed by atoms with Crippen LogP contribution in [-0.4, -0.2) is 13.2 Å². The van der Waals surface area contributed by atoms with Crippen molar-refractivity contribution < 1.29 is 9.47 Å². The first-order chi connectivity index (χ1) is 7.76. The first-order valence-corrected chi connectivity index (χ1v) is 5.13. The first kappa shape index (κ1) is 12.0. The van der Waals surface area contributed by atoms with E-state index in [4.69, 9.17) is 22.3 Å². The van der Waals surface area contributed by atoms with Gasteiger partial charge < -0.3 is 9.47 Å². The maximum Gasteiger partial charge on any atom is 0.162 e. The number of hydrogen-bond donors (Lipinski definition) is 0. The zero-order chi connectivity index (χ0) is 12.0. The largest absolute Gasteiger partial charge is 0.490 e. The normalized spacial score (nSPS) is 9.00. The molecule has 1 rings (SSSR count).